The Morgan fingerprint density at radius 2 is 2.40 bits per heavy atom. The van der Waals surface area contributed by atoms with Gasteiger partial charge in [-0.3, -0.25) is 10.1 Å². The molecule has 1 aliphatic heterocycles. The smallest absolute Gasteiger partial charge is 0.334 e. The zero-order chi connectivity index (χ0) is 14.7. The molecule has 0 spiro atoms. The maximum atomic E-state index is 11.3. The van der Waals surface area contributed by atoms with Crippen LogP contribution in [0.2, 0.25) is 0 Å². The van der Waals surface area contributed by atoms with Gasteiger partial charge >= 0.3 is 5.69 Å². The molecule has 1 N–H and O–H groups in total. The minimum Gasteiger partial charge on any atom is -0.374 e. The van der Waals surface area contributed by atoms with Crippen LogP contribution in [-0.2, 0) is 18.2 Å². The van der Waals surface area contributed by atoms with E-state index in [4.69, 9.17) is 4.74 Å². The molecule has 8 nitrogen and oxygen atoms in total. The van der Waals surface area contributed by atoms with Crippen LogP contribution in [0.1, 0.15) is 12.6 Å². The van der Waals surface area contributed by atoms with E-state index >= 15 is 0 Å². The molecule has 8 heteroatoms. The summed E-state index contributed by atoms with van der Waals surface area (Å²) >= 11 is 0. The molecule has 1 saturated heterocycles. The van der Waals surface area contributed by atoms with E-state index < -0.39 is 0 Å². The Labute approximate surface area is 117 Å². The SMILES string of the molecule is CCc1nn(C)c(N(C)CC2CNCCO2)c1[N+](=O)[O-]. The fourth-order valence-corrected chi connectivity index (χ4v) is 2.54. The van der Waals surface area contributed by atoms with Crippen LogP contribution in [0.5, 0.6) is 0 Å². The van der Waals surface area contributed by atoms with Crippen LogP contribution in [0.3, 0.4) is 0 Å². The molecule has 0 aliphatic carbocycles. The second-order valence-electron chi connectivity index (χ2n) is 4.93. The Balaban J connectivity index is 2.21. The van der Waals surface area contributed by atoms with E-state index in [1.165, 1.54) is 0 Å². The first kappa shape index (κ1) is 14.7. The molecule has 112 valence electrons. The first-order valence-corrected chi connectivity index (χ1v) is 6.78. The van der Waals surface area contributed by atoms with E-state index in [1.54, 1.807) is 11.7 Å². The van der Waals surface area contributed by atoms with Gasteiger partial charge in [0.1, 0.15) is 5.69 Å². The number of hydrogen-bond donors (Lipinski definition) is 1. The maximum Gasteiger partial charge on any atom is 0.334 e. The van der Waals surface area contributed by atoms with Crippen molar-refractivity contribution in [2.45, 2.75) is 19.4 Å². The lowest BCUT2D eigenvalue weighted by molar-refractivity contribution is -0.384. The van der Waals surface area contributed by atoms with E-state index in [-0.39, 0.29) is 16.7 Å². The Bertz CT molecular complexity index is 482. The summed E-state index contributed by atoms with van der Waals surface area (Å²) in [6.45, 7) is 4.75. The molecule has 20 heavy (non-hydrogen) atoms. The molecule has 1 aliphatic rings. The summed E-state index contributed by atoms with van der Waals surface area (Å²) < 4.78 is 7.22. The second kappa shape index (κ2) is 6.19. The lowest BCUT2D eigenvalue weighted by Gasteiger charge is -2.28. The molecule has 0 saturated carbocycles. The van der Waals surface area contributed by atoms with Gasteiger partial charge in [0.15, 0.2) is 0 Å². The summed E-state index contributed by atoms with van der Waals surface area (Å²) in [5.41, 5.74) is 0.614. The zero-order valence-corrected chi connectivity index (χ0v) is 12.1. The Morgan fingerprint density at radius 3 is 2.95 bits per heavy atom. The van der Waals surface area contributed by atoms with Gasteiger partial charge in [0.25, 0.3) is 0 Å². The highest BCUT2D eigenvalue weighted by Crippen LogP contribution is 2.31. The summed E-state index contributed by atoms with van der Waals surface area (Å²) in [6, 6.07) is 0. The highest BCUT2D eigenvalue weighted by molar-refractivity contribution is 5.61. The molecule has 0 radical (unpaired) electrons. The number of anilines is 1. The van der Waals surface area contributed by atoms with Gasteiger partial charge in [-0.05, 0) is 6.42 Å². The molecule has 1 fully saturated rings. The van der Waals surface area contributed by atoms with Crippen molar-refractivity contribution in [3.63, 3.8) is 0 Å². The summed E-state index contributed by atoms with van der Waals surface area (Å²) in [7, 11) is 3.57. The molecule has 2 heterocycles. The first-order chi connectivity index (χ1) is 9.54. The summed E-state index contributed by atoms with van der Waals surface area (Å²) in [5.74, 6) is 0.529. The molecule has 2 rings (SSSR count). The Hall–Kier alpha value is -1.67. The number of aromatic nitrogens is 2. The van der Waals surface area contributed by atoms with E-state index in [0.717, 1.165) is 13.1 Å². The van der Waals surface area contributed by atoms with Crippen molar-refractivity contribution >= 4 is 11.5 Å². The van der Waals surface area contributed by atoms with E-state index in [1.807, 2.05) is 18.9 Å². The van der Waals surface area contributed by atoms with Crippen molar-refractivity contribution in [3.8, 4) is 0 Å². The van der Waals surface area contributed by atoms with Crippen molar-refractivity contribution in [3.05, 3.63) is 15.8 Å². The Morgan fingerprint density at radius 1 is 1.65 bits per heavy atom. The van der Waals surface area contributed by atoms with Gasteiger partial charge in [0, 0.05) is 33.7 Å². The Kier molecular flexibility index (Phi) is 4.56. The predicted octanol–water partition coefficient (Wildman–Crippen LogP) is 0.315. The summed E-state index contributed by atoms with van der Waals surface area (Å²) in [6.07, 6.45) is 0.577. The fourth-order valence-electron chi connectivity index (χ4n) is 2.54. The topological polar surface area (TPSA) is 85.5 Å². The molecule has 0 aromatic carbocycles. The zero-order valence-electron chi connectivity index (χ0n) is 12.1. The molecule has 1 aromatic rings. The van der Waals surface area contributed by atoms with Gasteiger partial charge in [-0.2, -0.15) is 5.10 Å². The number of ether oxygens (including phenoxy) is 1. The van der Waals surface area contributed by atoms with Gasteiger partial charge < -0.3 is 15.0 Å². The minimum absolute atomic E-state index is 0.0355. The molecule has 0 bridgehead atoms. The molecule has 1 aromatic heterocycles. The third-order valence-electron chi connectivity index (χ3n) is 3.42. The van der Waals surface area contributed by atoms with Crippen LogP contribution in [0.15, 0.2) is 0 Å². The van der Waals surface area contributed by atoms with E-state index in [2.05, 4.69) is 10.4 Å². The predicted molar refractivity (Wildman–Crippen MR) is 75.1 cm³/mol. The number of hydrogen-bond acceptors (Lipinski definition) is 6. The third-order valence-corrected chi connectivity index (χ3v) is 3.42. The van der Waals surface area contributed by atoms with Crippen LogP contribution >= 0.6 is 0 Å². The number of morpholine rings is 1. The van der Waals surface area contributed by atoms with Crippen molar-refractivity contribution < 1.29 is 9.66 Å². The average molecular weight is 283 g/mol. The fraction of sp³-hybridized carbons (Fsp3) is 0.750. The van der Waals surface area contributed by atoms with Crippen molar-refractivity contribution in [1.82, 2.24) is 15.1 Å². The van der Waals surface area contributed by atoms with E-state index in [0.29, 0.717) is 31.1 Å². The number of nitrogens with zero attached hydrogens (tertiary/aromatic N) is 4. The van der Waals surface area contributed by atoms with E-state index in [9.17, 15) is 10.1 Å². The van der Waals surface area contributed by atoms with Crippen LogP contribution < -0.4 is 10.2 Å². The quantitative estimate of drug-likeness (QED) is 0.618. The normalized spacial score (nSPS) is 19.1. The van der Waals surface area contributed by atoms with Crippen LogP contribution in [0.25, 0.3) is 0 Å². The monoisotopic (exact) mass is 283 g/mol. The first-order valence-electron chi connectivity index (χ1n) is 6.78. The van der Waals surface area contributed by atoms with Crippen LogP contribution in [0, 0.1) is 10.1 Å². The highest BCUT2D eigenvalue weighted by Gasteiger charge is 2.29. The number of aryl methyl sites for hydroxylation is 2. The number of rotatable bonds is 5. The maximum absolute atomic E-state index is 11.3. The van der Waals surface area contributed by atoms with Gasteiger partial charge in [0.2, 0.25) is 5.82 Å². The lowest BCUT2D eigenvalue weighted by Crippen LogP contribution is -2.44. The van der Waals surface area contributed by atoms with Crippen molar-refractivity contribution in [1.29, 1.82) is 0 Å². The molecule has 1 unspecified atom stereocenters. The largest absolute Gasteiger partial charge is 0.374 e. The molecule has 1 atom stereocenters. The lowest BCUT2D eigenvalue weighted by atomic mass is 10.2. The number of likely N-dealkylation sites (N-methyl/N-ethyl adjacent to an activating group) is 1. The number of nitro groups is 1. The summed E-state index contributed by atoms with van der Waals surface area (Å²) in [4.78, 5) is 12.8. The van der Waals surface area contributed by atoms with Gasteiger partial charge in [0.05, 0.1) is 17.6 Å². The second-order valence-corrected chi connectivity index (χ2v) is 4.93. The van der Waals surface area contributed by atoms with Crippen LogP contribution in [0.4, 0.5) is 11.5 Å². The van der Waals surface area contributed by atoms with Crippen molar-refractivity contribution in [2.24, 2.45) is 7.05 Å². The van der Waals surface area contributed by atoms with Gasteiger partial charge in [-0.15, -0.1) is 0 Å². The standard InChI is InChI=1S/C12H21N5O3/c1-4-10-11(17(18)19)12(16(3)14-10)15(2)8-9-7-13-5-6-20-9/h9,13H,4-8H2,1-3H3. The average Bonchev–Trinajstić information content (AvgIpc) is 2.77. The summed E-state index contributed by atoms with van der Waals surface area (Å²) in [5, 5.41) is 18.8. The third kappa shape index (κ3) is 2.91. The molecular formula is C12H21N5O3. The van der Waals surface area contributed by atoms with Gasteiger partial charge in [-0.1, -0.05) is 6.92 Å². The van der Waals surface area contributed by atoms with Crippen molar-refractivity contribution in [2.75, 3.05) is 38.2 Å². The highest BCUT2D eigenvalue weighted by atomic mass is 16.6. The minimum atomic E-state index is -0.350. The van der Waals surface area contributed by atoms with Crippen LogP contribution in [-0.4, -0.2) is 54.1 Å². The van der Waals surface area contributed by atoms with Gasteiger partial charge in [-0.25, -0.2) is 4.68 Å². The number of nitrogens with one attached hydrogen (secondary N) is 1. The molecular weight excluding hydrogens is 262 g/mol. The molecule has 0 amide bonds.